The Morgan fingerprint density at radius 3 is 2.50 bits per heavy atom. The van der Waals surface area contributed by atoms with Crippen LogP contribution in [-0.4, -0.2) is 35.2 Å². The summed E-state index contributed by atoms with van der Waals surface area (Å²) in [7, 11) is -1.80. The van der Waals surface area contributed by atoms with E-state index in [1.807, 2.05) is 4.90 Å². The highest BCUT2D eigenvalue weighted by atomic mass is 19.1. The molecular weight excluding hydrogens is 186 g/mol. The molecule has 0 amide bonds. The molecule has 0 unspecified atom stereocenters. The van der Waals surface area contributed by atoms with Crippen molar-refractivity contribution in [3.8, 4) is 0 Å². The second kappa shape index (κ2) is 3.55. The lowest BCUT2D eigenvalue weighted by Crippen LogP contribution is -2.39. The second-order valence-corrected chi connectivity index (χ2v) is 3.26. The highest BCUT2D eigenvalue weighted by molar-refractivity contribution is 6.58. The number of rotatable bonds is 2. The molecular formula is C8H10BFN2O2. The van der Waals surface area contributed by atoms with Crippen molar-refractivity contribution >= 4 is 18.4 Å². The van der Waals surface area contributed by atoms with Gasteiger partial charge in [0.25, 0.3) is 0 Å². The zero-order valence-corrected chi connectivity index (χ0v) is 7.52. The van der Waals surface area contributed by atoms with Crippen LogP contribution in [0.2, 0.25) is 0 Å². The largest absolute Gasteiger partial charge is 0.493 e. The van der Waals surface area contributed by atoms with Crippen molar-refractivity contribution in [2.75, 3.05) is 18.0 Å². The van der Waals surface area contributed by atoms with E-state index in [1.165, 1.54) is 6.07 Å². The summed E-state index contributed by atoms with van der Waals surface area (Å²) in [6, 6.07) is 2.94. The predicted octanol–water partition coefficient (Wildman–Crippen LogP) is -0.889. The molecule has 4 nitrogen and oxygen atoms in total. The molecule has 0 spiro atoms. The molecule has 2 N–H and O–H groups in total. The van der Waals surface area contributed by atoms with Crippen molar-refractivity contribution in [3.63, 3.8) is 0 Å². The van der Waals surface area contributed by atoms with Gasteiger partial charge in [-0.25, -0.2) is 4.98 Å². The third-order valence-corrected chi connectivity index (χ3v) is 2.32. The lowest BCUT2D eigenvalue weighted by atomic mass is 9.81. The van der Waals surface area contributed by atoms with Crippen molar-refractivity contribution in [3.05, 3.63) is 18.1 Å². The van der Waals surface area contributed by atoms with E-state index in [1.54, 1.807) is 6.07 Å². The molecule has 0 aliphatic carbocycles. The third-order valence-electron chi connectivity index (χ3n) is 2.32. The molecule has 1 aromatic heterocycles. The molecule has 1 aromatic rings. The molecule has 14 heavy (non-hydrogen) atoms. The van der Waals surface area contributed by atoms with Crippen LogP contribution in [0.25, 0.3) is 0 Å². The predicted molar refractivity (Wildman–Crippen MR) is 50.9 cm³/mol. The van der Waals surface area contributed by atoms with E-state index in [0.717, 1.165) is 19.5 Å². The maximum absolute atomic E-state index is 13.2. The zero-order chi connectivity index (χ0) is 10.1. The summed E-state index contributed by atoms with van der Waals surface area (Å²) in [4.78, 5) is 5.58. The van der Waals surface area contributed by atoms with Gasteiger partial charge in [0.2, 0.25) is 5.95 Å². The first-order valence-electron chi connectivity index (χ1n) is 4.46. The van der Waals surface area contributed by atoms with Crippen molar-refractivity contribution in [1.29, 1.82) is 0 Å². The number of pyridine rings is 1. The fourth-order valence-corrected chi connectivity index (χ4v) is 1.35. The topological polar surface area (TPSA) is 56.6 Å². The molecule has 0 atom stereocenters. The summed E-state index contributed by atoms with van der Waals surface area (Å²) in [5.74, 6) is -0.262. The molecule has 2 rings (SSSR count). The summed E-state index contributed by atoms with van der Waals surface area (Å²) in [5, 5.41) is 17.5. The quantitative estimate of drug-likeness (QED) is 0.475. The fraction of sp³-hybridized carbons (Fsp3) is 0.375. The van der Waals surface area contributed by atoms with E-state index < -0.39 is 13.1 Å². The summed E-state index contributed by atoms with van der Waals surface area (Å²) in [6.45, 7) is 1.76. The maximum Gasteiger partial charge on any atom is 0.493 e. The minimum absolute atomic E-state index is 0.186. The molecule has 0 bridgehead atoms. The molecule has 1 fully saturated rings. The second-order valence-electron chi connectivity index (χ2n) is 3.26. The number of anilines is 1. The van der Waals surface area contributed by atoms with E-state index in [9.17, 15) is 4.39 Å². The number of halogens is 1. The van der Waals surface area contributed by atoms with Crippen LogP contribution in [0.15, 0.2) is 12.1 Å². The number of hydrogen-bond acceptors (Lipinski definition) is 4. The first kappa shape index (κ1) is 9.42. The highest BCUT2D eigenvalue weighted by Gasteiger charge is 2.21. The van der Waals surface area contributed by atoms with Crippen LogP contribution in [0.5, 0.6) is 0 Å². The molecule has 2 heterocycles. The van der Waals surface area contributed by atoms with Crippen LogP contribution in [0.1, 0.15) is 6.42 Å². The van der Waals surface area contributed by atoms with Crippen molar-refractivity contribution < 1.29 is 14.4 Å². The average Bonchev–Trinajstić information content (AvgIpc) is 2.00. The summed E-state index contributed by atoms with van der Waals surface area (Å²) in [6.07, 6.45) is 1.09. The third kappa shape index (κ3) is 1.58. The summed E-state index contributed by atoms with van der Waals surface area (Å²) < 4.78 is 13.2. The minimum Gasteiger partial charge on any atom is -0.423 e. The van der Waals surface area contributed by atoms with Gasteiger partial charge in [-0.1, -0.05) is 6.07 Å². The van der Waals surface area contributed by atoms with Crippen molar-refractivity contribution in [1.82, 2.24) is 4.98 Å². The van der Waals surface area contributed by atoms with Gasteiger partial charge in [0, 0.05) is 18.6 Å². The SMILES string of the molecule is OB(O)c1ccc(N2CCC2)nc1F. The van der Waals surface area contributed by atoms with Gasteiger partial charge in [-0.15, -0.1) is 0 Å². The standard InChI is InChI=1S/C8H10BFN2O2/c10-8-6(9(13)14)2-3-7(11-8)12-4-1-5-12/h2-3,13-14H,1,4-5H2. The molecule has 0 radical (unpaired) electrons. The minimum atomic E-state index is -1.80. The van der Waals surface area contributed by atoms with E-state index >= 15 is 0 Å². The molecule has 6 heteroatoms. The maximum atomic E-state index is 13.2. The van der Waals surface area contributed by atoms with Crippen LogP contribution in [0, 0.1) is 5.95 Å². The molecule has 0 aromatic carbocycles. The Hall–Kier alpha value is -1.14. The number of aromatic nitrogens is 1. The van der Waals surface area contributed by atoms with Gasteiger partial charge < -0.3 is 14.9 Å². The van der Waals surface area contributed by atoms with Gasteiger partial charge in [-0.2, -0.15) is 4.39 Å². The van der Waals surface area contributed by atoms with E-state index in [-0.39, 0.29) is 5.46 Å². The van der Waals surface area contributed by atoms with Gasteiger partial charge in [-0.05, 0) is 12.5 Å². The molecule has 1 aliphatic heterocycles. The molecule has 1 aliphatic rings. The Balaban J connectivity index is 2.25. The monoisotopic (exact) mass is 196 g/mol. The lowest BCUT2D eigenvalue weighted by Gasteiger charge is -2.32. The Morgan fingerprint density at radius 2 is 2.07 bits per heavy atom. The van der Waals surface area contributed by atoms with Gasteiger partial charge in [0.05, 0.1) is 0 Å². The Morgan fingerprint density at radius 1 is 1.36 bits per heavy atom. The van der Waals surface area contributed by atoms with E-state index in [0.29, 0.717) is 5.82 Å². The summed E-state index contributed by atoms with van der Waals surface area (Å²) in [5.41, 5.74) is -0.186. The van der Waals surface area contributed by atoms with Crippen molar-refractivity contribution in [2.24, 2.45) is 0 Å². The van der Waals surface area contributed by atoms with E-state index in [2.05, 4.69) is 4.98 Å². The molecule has 0 saturated carbocycles. The Labute approximate surface area is 81.1 Å². The van der Waals surface area contributed by atoms with Crippen molar-refractivity contribution in [2.45, 2.75) is 6.42 Å². The van der Waals surface area contributed by atoms with Crippen LogP contribution < -0.4 is 10.4 Å². The van der Waals surface area contributed by atoms with Crippen LogP contribution >= 0.6 is 0 Å². The first-order chi connectivity index (χ1) is 6.68. The van der Waals surface area contributed by atoms with E-state index in [4.69, 9.17) is 10.0 Å². The summed E-state index contributed by atoms with van der Waals surface area (Å²) >= 11 is 0. The van der Waals surface area contributed by atoms with Gasteiger partial charge in [0.1, 0.15) is 5.82 Å². The number of hydrogen-bond donors (Lipinski definition) is 2. The average molecular weight is 196 g/mol. The van der Waals surface area contributed by atoms with Gasteiger partial charge in [-0.3, -0.25) is 0 Å². The Bertz CT molecular complexity index is 344. The zero-order valence-electron chi connectivity index (χ0n) is 7.52. The van der Waals surface area contributed by atoms with Gasteiger partial charge >= 0.3 is 7.12 Å². The van der Waals surface area contributed by atoms with Gasteiger partial charge in [0.15, 0.2) is 0 Å². The fourth-order valence-electron chi connectivity index (χ4n) is 1.35. The Kier molecular flexibility index (Phi) is 2.39. The van der Waals surface area contributed by atoms with Crippen LogP contribution in [0.4, 0.5) is 10.2 Å². The highest BCUT2D eigenvalue weighted by Crippen LogP contribution is 2.16. The first-order valence-corrected chi connectivity index (χ1v) is 4.46. The molecule has 74 valence electrons. The number of nitrogens with zero attached hydrogens (tertiary/aromatic N) is 2. The lowest BCUT2D eigenvalue weighted by molar-refractivity contribution is 0.421. The normalized spacial score (nSPS) is 15.2. The van der Waals surface area contributed by atoms with Crippen LogP contribution in [0.3, 0.4) is 0 Å². The smallest absolute Gasteiger partial charge is 0.423 e. The van der Waals surface area contributed by atoms with Crippen LogP contribution in [-0.2, 0) is 0 Å². The molecule has 1 saturated heterocycles.